The van der Waals surface area contributed by atoms with Crippen LogP contribution in [0.15, 0.2) is 41.3 Å². The molecule has 4 nitrogen and oxygen atoms in total. The number of nitrogens with zero attached hydrogens (tertiary/aromatic N) is 1. The van der Waals surface area contributed by atoms with Crippen LogP contribution in [0.25, 0.3) is 0 Å². The van der Waals surface area contributed by atoms with E-state index in [2.05, 4.69) is 10.3 Å². The molecule has 2 heterocycles. The Morgan fingerprint density at radius 1 is 1.33 bits per heavy atom. The SMILES string of the molecule is O=C(NC1CCCc2occc21)c1ccncc1. The van der Waals surface area contributed by atoms with Gasteiger partial charge in [0.15, 0.2) is 0 Å². The highest BCUT2D eigenvalue weighted by molar-refractivity contribution is 5.94. The van der Waals surface area contributed by atoms with E-state index in [9.17, 15) is 4.79 Å². The van der Waals surface area contributed by atoms with E-state index in [-0.39, 0.29) is 11.9 Å². The third kappa shape index (κ3) is 2.01. The first-order chi connectivity index (χ1) is 8.84. The molecular formula is C14H14N2O2. The van der Waals surface area contributed by atoms with Gasteiger partial charge in [0.2, 0.25) is 0 Å². The fourth-order valence-corrected chi connectivity index (χ4v) is 2.38. The monoisotopic (exact) mass is 242 g/mol. The van der Waals surface area contributed by atoms with Crippen molar-refractivity contribution in [3.8, 4) is 0 Å². The first-order valence-corrected chi connectivity index (χ1v) is 6.12. The maximum atomic E-state index is 12.1. The molecule has 0 aromatic carbocycles. The molecule has 0 aliphatic heterocycles. The maximum absolute atomic E-state index is 12.1. The summed E-state index contributed by atoms with van der Waals surface area (Å²) in [6, 6.07) is 5.45. The highest BCUT2D eigenvalue weighted by atomic mass is 16.3. The van der Waals surface area contributed by atoms with Gasteiger partial charge in [0.05, 0.1) is 12.3 Å². The van der Waals surface area contributed by atoms with Crippen molar-refractivity contribution < 1.29 is 9.21 Å². The third-order valence-electron chi connectivity index (χ3n) is 3.30. The molecule has 0 fully saturated rings. The standard InChI is InChI=1S/C14H14N2O2/c17-14(10-4-7-15-8-5-10)16-12-2-1-3-13-11(12)6-9-18-13/h4-9,12H,1-3H2,(H,16,17). The predicted octanol–water partition coefficient (Wildman–Crippen LogP) is 2.48. The number of carbonyl (C=O) groups excluding carboxylic acids is 1. The van der Waals surface area contributed by atoms with E-state index in [4.69, 9.17) is 4.42 Å². The molecule has 1 unspecified atom stereocenters. The van der Waals surface area contributed by atoms with E-state index >= 15 is 0 Å². The zero-order valence-corrected chi connectivity index (χ0v) is 9.93. The van der Waals surface area contributed by atoms with E-state index in [0.717, 1.165) is 30.6 Å². The van der Waals surface area contributed by atoms with Gasteiger partial charge in [-0.1, -0.05) is 0 Å². The molecular weight excluding hydrogens is 228 g/mol. The average Bonchev–Trinajstić information content (AvgIpc) is 2.89. The Morgan fingerprint density at radius 3 is 3.00 bits per heavy atom. The molecule has 0 saturated carbocycles. The first kappa shape index (κ1) is 11.0. The minimum atomic E-state index is -0.0588. The van der Waals surface area contributed by atoms with Gasteiger partial charge in [0.25, 0.3) is 5.91 Å². The summed E-state index contributed by atoms with van der Waals surface area (Å²) < 4.78 is 5.41. The van der Waals surface area contributed by atoms with Crippen molar-refractivity contribution in [2.75, 3.05) is 0 Å². The van der Waals surface area contributed by atoms with Gasteiger partial charge in [-0.05, 0) is 31.0 Å². The van der Waals surface area contributed by atoms with Crippen molar-refractivity contribution in [3.05, 3.63) is 53.7 Å². The summed E-state index contributed by atoms with van der Waals surface area (Å²) in [6.07, 6.45) is 7.91. The smallest absolute Gasteiger partial charge is 0.251 e. The van der Waals surface area contributed by atoms with Gasteiger partial charge in [0, 0.05) is 29.9 Å². The molecule has 92 valence electrons. The van der Waals surface area contributed by atoms with Crippen LogP contribution in [0.3, 0.4) is 0 Å². The van der Waals surface area contributed by atoms with Crippen molar-refractivity contribution in [1.29, 1.82) is 0 Å². The molecule has 0 spiro atoms. The van der Waals surface area contributed by atoms with Gasteiger partial charge >= 0.3 is 0 Å². The van der Waals surface area contributed by atoms with Gasteiger partial charge in [-0.2, -0.15) is 0 Å². The van der Waals surface area contributed by atoms with E-state index < -0.39 is 0 Å². The number of aromatic nitrogens is 1. The molecule has 1 aliphatic rings. The zero-order chi connectivity index (χ0) is 12.4. The second-order valence-electron chi connectivity index (χ2n) is 4.45. The summed E-state index contributed by atoms with van der Waals surface area (Å²) in [4.78, 5) is 16.0. The molecule has 1 amide bonds. The van der Waals surface area contributed by atoms with Crippen LogP contribution < -0.4 is 5.32 Å². The number of carbonyl (C=O) groups is 1. The number of nitrogens with one attached hydrogen (secondary N) is 1. The second kappa shape index (κ2) is 4.64. The molecule has 18 heavy (non-hydrogen) atoms. The van der Waals surface area contributed by atoms with Crippen LogP contribution in [-0.2, 0) is 6.42 Å². The first-order valence-electron chi connectivity index (χ1n) is 6.12. The largest absolute Gasteiger partial charge is 0.469 e. The molecule has 2 aromatic rings. The number of hydrogen-bond donors (Lipinski definition) is 1. The Kier molecular flexibility index (Phi) is 2.84. The number of rotatable bonds is 2. The maximum Gasteiger partial charge on any atom is 0.251 e. The fourth-order valence-electron chi connectivity index (χ4n) is 2.38. The number of furan rings is 1. The lowest BCUT2D eigenvalue weighted by molar-refractivity contribution is 0.0932. The Hall–Kier alpha value is -2.10. The van der Waals surface area contributed by atoms with Gasteiger partial charge in [-0.25, -0.2) is 0 Å². The molecule has 0 saturated heterocycles. The Morgan fingerprint density at radius 2 is 2.17 bits per heavy atom. The highest BCUT2D eigenvalue weighted by Gasteiger charge is 2.24. The Balaban J connectivity index is 1.77. The Bertz CT molecular complexity index is 548. The number of hydrogen-bond acceptors (Lipinski definition) is 3. The van der Waals surface area contributed by atoms with Gasteiger partial charge in [-0.3, -0.25) is 9.78 Å². The molecule has 2 aromatic heterocycles. The topological polar surface area (TPSA) is 55.1 Å². The number of aryl methyl sites for hydroxylation is 1. The van der Waals surface area contributed by atoms with Crippen LogP contribution in [0.5, 0.6) is 0 Å². The van der Waals surface area contributed by atoms with Crippen LogP contribution in [-0.4, -0.2) is 10.9 Å². The number of pyridine rings is 1. The minimum absolute atomic E-state index is 0.0588. The van der Waals surface area contributed by atoms with E-state index in [1.165, 1.54) is 0 Å². The summed E-state index contributed by atoms with van der Waals surface area (Å²) in [6.45, 7) is 0. The lowest BCUT2D eigenvalue weighted by Gasteiger charge is -2.22. The third-order valence-corrected chi connectivity index (χ3v) is 3.30. The average molecular weight is 242 g/mol. The Labute approximate surface area is 105 Å². The van der Waals surface area contributed by atoms with Crippen molar-refractivity contribution in [2.45, 2.75) is 25.3 Å². The summed E-state index contributed by atoms with van der Waals surface area (Å²) in [5.41, 5.74) is 1.75. The highest BCUT2D eigenvalue weighted by Crippen LogP contribution is 2.30. The molecule has 1 N–H and O–H groups in total. The summed E-state index contributed by atoms with van der Waals surface area (Å²) in [7, 11) is 0. The molecule has 1 aliphatic carbocycles. The summed E-state index contributed by atoms with van der Waals surface area (Å²) in [5.74, 6) is 0.942. The molecule has 3 rings (SSSR count). The second-order valence-corrected chi connectivity index (χ2v) is 4.45. The van der Waals surface area contributed by atoms with Crippen LogP contribution >= 0.6 is 0 Å². The van der Waals surface area contributed by atoms with Gasteiger partial charge in [0.1, 0.15) is 5.76 Å². The normalized spacial score (nSPS) is 18.1. The predicted molar refractivity (Wildman–Crippen MR) is 66.1 cm³/mol. The zero-order valence-electron chi connectivity index (χ0n) is 9.93. The van der Waals surface area contributed by atoms with Crippen molar-refractivity contribution in [1.82, 2.24) is 10.3 Å². The van der Waals surface area contributed by atoms with Crippen LogP contribution in [0.1, 0.15) is 40.6 Å². The van der Waals surface area contributed by atoms with Crippen LogP contribution in [0.4, 0.5) is 0 Å². The number of fused-ring (bicyclic) bond motifs is 1. The minimum Gasteiger partial charge on any atom is -0.469 e. The van der Waals surface area contributed by atoms with Gasteiger partial charge in [-0.15, -0.1) is 0 Å². The van der Waals surface area contributed by atoms with E-state index in [1.807, 2.05) is 6.07 Å². The number of amides is 1. The van der Waals surface area contributed by atoms with Crippen molar-refractivity contribution in [3.63, 3.8) is 0 Å². The quantitative estimate of drug-likeness (QED) is 0.880. The fraction of sp³-hybridized carbons (Fsp3) is 0.286. The summed E-state index contributed by atoms with van der Waals surface area (Å²) in [5, 5.41) is 3.05. The van der Waals surface area contributed by atoms with Crippen LogP contribution in [0, 0.1) is 0 Å². The van der Waals surface area contributed by atoms with Gasteiger partial charge < -0.3 is 9.73 Å². The van der Waals surface area contributed by atoms with Crippen molar-refractivity contribution in [2.24, 2.45) is 0 Å². The molecule has 0 radical (unpaired) electrons. The summed E-state index contributed by atoms with van der Waals surface area (Å²) >= 11 is 0. The van der Waals surface area contributed by atoms with E-state index in [0.29, 0.717) is 5.56 Å². The molecule has 1 atom stereocenters. The molecule has 0 bridgehead atoms. The lowest BCUT2D eigenvalue weighted by atomic mass is 9.93. The van der Waals surface area contributed by atoms with E-state index in [1.54, 1.807) is 30.8 Å². The van der Waals surface area contributed by atoms with Crippen LogP contribution in [0.2, 0.25) is 0 Å². The lowest BCUT2D eigenvalue weighted by Crippen LogP contribution is -2.30. The van der Waals surface area contributed by atoms with Crippen molar-refractivity contribution >= 4 is 5.91 Å². The molecule has 4 heteroatoms.